The van der Waals surface area contributed by atoms with Crippen molar-refractivity contribution in [3.8, 4) is 0 Å². The molecular weight excluding hydrogens is 224 g/mol. The van der Waals surface area contributed by atoms with E-state index in [2.05, 4.69) is 29.8 Å². The van der Waals surface area contributed by atoms with Crippen LogP contribution in [0.1, 0.15) is 10.4 Å². The average molecular weight is 231 g/mol. The SMILES string of the molecule is Cc1sc2oc(Br)cc2c1C. The van der Waals surface area contributed by atoms with Gasteiger partial charge in [-0.05, 0) is 35.3 Å². The highest BCUT2D eigenvalue weighted by Crippen LogP contribution is 2.34. The van der Waals surface area contributed by atoms with Gasteiger partial charge in [0, 0.05) is 16.3 Å². The number of furan rings is 1. The second-order valence-electron chi connectivity index (χ2n) is 2.53. The molecule has 0 aromatic carbocycles. The Labute approximate surface area is 77.1 Å². The van der Waals surface area contributed by atoms with Gasteiger partial charge in [-0.3, -0.25) is 0 Å². The highest BCUT2D eigenvalue weighted by molar-refractivity contribution is 9.10. The van der Waals surface area contributed by atoms with Gasteiger partial charge in [0.1, 0.15) is 0 Å². The number of hydrogen-bond acceptors (Lipinski definition) is 2. The third-order valence-corrected chi connectivity index (χ3v) is 3.34. The first kappa shape index (κ1) is 7.37. The zero-order chi connectivity index (χ0) is 8.01. The van der Waals surface area contributed by atoms with Crippen LogP contribution in [-0.2, 0) is 0 Å². The molecule has 0 saturated carbocycles. The molecule has 2 rings (SSSR count). The van der Waals surface area contributed by atoms with Crippen molar-refractivity contribution in [3.05, 3.63) is 21.2 Å². The Balaban J connectivity index is 2.88. The van der Waals surface area contributed by atoms with Crippen molar-refractivity contribution < 1.29 is 4.42 Å². The van der Waals surface area contributed by atoms with E-state index >= 15 is 0 Å². The van der Waals surface area contributed by atoms with Gasteiger partial charge in [0.25, 0.3) is 0 Å². The molecule has 2 aromatic rings. The van der Waals surface area contributed by atoms with Crippen molar-refractivity contribution in [1.29, 1.82) is 0 Å². The summed E-state index contributed by atoms with van der Waals surface area (Å²) in [6, 6.07) is 2.02. The van der Waals surface area contributed by atoms with E-state index in [1.807, 2.05) is 6.07 Å². The number of rotatable bonds is 0. The molecule has 0 atom stereocenters. The van der Waals surface area contributed by atoms with Crippen LogP contribution in [0.5, 0.6) is 0 Å². The molecule has 0 aliphatic rings. The second-order valence-corrected chi connectivity index (χ2v) is 4.50. The third-order valence-electron chi connectivity index (χ3n) is 1.85. The van der Waals surface area contributed by atoms with Crippen LogP contribution in [0.3, 0.4) is 0 Å². The molecule has 0 aliphatic heterocycles. The number of aryl methyl sites for hydroxylation is 2. The first-order valence-electron chi connectivity index (χ1n) is 3.33. The summed E-state index contributed by atoms with van der Waals surface area (Å²) in [6.45, 7) is 4.24. The Bertz CT molecular complexity index is 399. The van der Waals surface area contributed by atoms with Crippen molar-refractivity contribution in [2.24, 2.45) is 0 Å². The number of halogens is 1. The van der Waals surface area contributed by atoms with E-state index in [4.69, 9.17) is 4.42 Å². The van der Waals surface area contributed by atoms with Crippen LogP contribution < -0.4 is 0 Å². The van der Waals surface area contributed by atoms with Crippen LogP contribution in [0.4, 0.5) is 0 Å². The van der Waals surface area contributed by atoms with E-state index in [9.17, 15) is 0 Å². The number of hydrogen-bond donors (Lipinski definition) is 0. The maximum atomic E-state index is 5.40. The first-order valence-corrected chi connectivity index (χ1v) is 4.94. The summed E-state index contributed by atoms with van der Waals surface area (Å²) >= 11 is 5.01. The van der Waals surface area contributed by atoms with Gasteiger partial charge < -0.3 is 4.42 Å². The van der Waals surface area contributed by atoms with Crippen molar-refractivity contribution in [2.45, 2.75) is 13.8 Å². The van der Waals surface area contributed by atoms with Gasteiger partial charge in [0.2, 0.25) is 0 Å². The van der Waals surface area contributed by atoms with Crippen LogP contribution in [0, 0.1) is 13.8 Å². The molecular formula is C8H7BrOS. The summed E-state index contributed by atoms with van der Waals surface area (Å²) in [5.74, 6) is 0. The van der Waals surface area contributed by atoms with E-state index < -0.39 is 0 Å². The topological polar surface area (TPSA) is 13.1 Å². The summed E-state index contributed by atoms with van der Waals surface area (Å²) < 4.78 is 6.23. The second kappa shape index (κ2) is 2.35. The number of thiophene rings is 1. The summed E-state index contributed by atoms with van der Waals surface area (Å²) in [6.07, 6.45) is 0. The maximum absolute atomic E-state index is 5.40. The van der Waals surface area contributed by atoms with E-state index in [1.165, 1.54) is 15.8 Å². The van der Waals surface area contributed by atoms with E-state index in [-0.39, 0.29) is 0 Å². The summed E-state index contributed by atoms with van der Waals surface area (Å²) in [5, 5.41) is 1.24. The van der Waals surface area contributed by atoms with Crippen molar-refractivity contribution >= 4 is 37.5 Å². The number of fused-ring (bicyclic) bond motifs is 1. The molecule has 0 spiro atoms. The standard InChI is InChI=1S/C8H7BrOS/c1-4-5(2)11-8-6(4)3-7(9)10-8/h3H,1-2H3. The molecule has 0 amide bonds. The Morgan fingerprint density at radius 1 is 1.45 bits per heavy atom. The van der Waals surface area contributed by atoms with Crippen molar-refractivity contribution in [3.63, 3.8) is 0 Å². The van der Waals surface area contributed by atoms with E-state index in [0.717, 1.165) is 9.57 Å². The predicted molar refractivity (Wildman–Crippen MR) is 51.3 cm³/mol. The van der Waals surface area contributed by atoms with E-state index in [1.54, 1.807) is 11.3 Å². The quantitative estimate of drug-likeness (QED) is 0.670. The molecule has 58 valence electrons. The Morgan fingerprint density at radius 3 is 2.82 bits per heavy atom. The fourth-order valence-corrected chi connectivity index (χ4v) is 2.58. The zero-order valence-electron chi connectivity index (χ0n) is 6.27. The lowest BCUT2D eigenvalue weighted by atomic mass is 10.2. The largest absolute Gasteiger partial charge is 0.439 e. The molecule has 0 saturated heterocycles. The summed E-state index contributed by atoms with van der Waals surface area (Å²) in [5.41, 5.74) is 1.33. The molecule has 0 fully saturated rings. The smallest absolute Gasteiger partial charge is 0.189 e. The minimum absolute atomic E-state index is 0.821. The third kappa shape index (κ3) is 1.03. The van der Waals surface area contributed by atoms with Gasteiger partial charge in [-0.25, -0.2) is 0 Å². The highest BCUT2D eigenvalue weighted by atomic mass is 79.9. The van der Waals surface area contributed by atoms with Gasteiger partial charge in [-0.15, -0.1) is 11.3 Å². The van der Waals surface area contributed by atoms with Gasteiger partial charge in [0.05, 0.1) is 0 Å². The molecule has 0 unspecified atom stereocenters. The average Bonchev–Trinajstić information content (AvgIpc) is 2.37. The zero-order valence-corrected chi connectivity index (χ0v) is 8.67. The van der Waals surface area contributed by atoms with Crippen LogP contribution in [0.15, 0.2) is 15.2 Å². The molecule has 2 aromatic heterocycles. The van der Waals surface area contributed by atoms with E-state index in [0.29, 0.717) is 0 Å². The van der Waals surface area contributed by atoms with Gasteiger partial charge in [0.15, 0.2) is 9.57 Å². The molecule has 11 heavy (non-hydrogen) atoms. The fraction of sp³-hybridized carbons (Fsp3) is 0.250. The minimum atomic E-state index is 0.821. The fourth-order valence-electron chi connectivity index (χ4n) is 1.09. The molecule has 0 bridgehead atoms. The Kier molecular flexibility index (Phi) is 1.58. The van der Waals surface area contributed by atoms with Crippen LogP contribution >= 0.6 is 27.3 Å². The predicted octanol–water partition coefficient (Wildman–Crippen LogP) is 3.87. The maximum Gasteiger partial charge on any atom is 0.189 e. The molecule has 0 aliphatic carbocycles. The van der Waals surface area contributed by atoms with Crippen LogP contribution in [-0.4, -0.2) is 0 Å². The lowest BCUT2D eigenvalue weighted by molar-refractivity contribution is 0.595. The summed E-state index contributed by atoms with van der Waals surface area (Å²) in [7, 11) is 0. The first-order chi connectivity index (χ1) is 5.18. The lowest BCUT2D eigenvalue weighted by Crippen LogP contribution is -1.65. The normalized spacial score (nSPS) is 11.2. The molecule has 0 N–H and O–H groups in total. The van der Waals surface area contributed by atoms with Gasteiger partial charge in [-0.1, -0.05) is 0 Å². The Hall–Kier alpha value is -0.280. The molecule has 2 heterocycles. The molecule has 3 heteroatoms. The molecule has 0 radical (unpaired) electrons. The van der Waals surface area contributed by atoms with Gasteiger partial charge >= 0.3 is 0 Å². The lowest BCUT2D eigenvalue weighted by Gasteiger charge is -1.83. The minimum Gasteiger partial charge on any atom is -0.439 e. The highest BCUT2D eigenvalue weighted by Gasteiger charge is 2.08. The molecule has 1 nitrogen and oxygen atoms in total. The van der Waals surface area contributed by atoms with Crippen LogP contribution in [0.25, 0.3) is 10.3 Å². The van der Waals surface area contributed by atoms with Crippen LogP contribution in [0.2, 0.25) is 0 Å². The van der Waals surface area contributed by atoms with Crippen molar-refractivity contribution in [1.82, 2.24) is 0 Å². The van der Waals surface area contributed by atoms with Gasteiger partial charge in [-0.2, -0.15) is 0 Å². The monoisotopic (exact) mass is 230 g/mol. The summed E-state index contributed by atoms with van der Waals surface area (Å²) in [4.78, 5) is 2.36. The van der Waals surface area contributed by atoms with Crippen molar-refractivity contribution in [2.75, 3.05) is 0 Å². The Morgan fingerprint density at radius 2 is 2.18 bits per heavy atom.